The van der Waals surface area contributed by atoms with Gasteiger partial charge in [0.1, 0.15) is 12.6 Å². The summed E-state index contributed by atoms with van der Waals surface area (Å²) < 4.78 is 27.9. The minimum absolute atomic E-state index is 0.0738. The number of aryl methyl sites for hydroxylation is 1. The molecule has 218 valence electrons. The molecule has 1 aliphatic rings. The number of nitrogens with zero attached hydrogens (tertiary/aromatic N) is 2. The van der Waals surface area contributed by atoms with Gasteiger partial charge in [0.25, 0.3) is 0 Å². The van der Waals surface area contributed by atoms with Gasteiger partial charge >= 0.3 is 0 Å². The van der Waals surface area contributed by atoms with Gasteiger partial charge in [-0.05, 0) is 77.7 Å². The smallest absolute Gasteiger partial charge is 0.244 e. The summed E-state index contributed by atoms with van der Waals surface area (Å²) in [6.45, 7) is 1.75. The van der Waals surface area contributed by atoms with Crippen molar-refractivity contribution < 1.29 is 18.0 Å². The van der Waals surface area contributed by atoms with E-state index in [0.29, 0.717) is 12.1 Å². The van der Waals surface area contributed by atoms with E-state index in [4.69, 9.17) is 0 Å². The minimum Gasteiger partial charge on any atom is -0.352 e. The van der Waals surface area contributed by atoms with Crippen molar-refractivity contribution in [1.29, 1.82) is 0 Å². The Balaban J connectivity index is 1.71. The molecule has 41 heavy (non-hydrogen) atoms. The van der Waals surface area contributed by atoms with Gasteiger partial charge in [-0.25, -0.2) is 8.42 Å². The van der Waals surface area contributed by atoms with E-state index in [1.54, 1.807) is 29.2 Å². The van der Waals surface area contributed by atoms with E-state index in [0.717, 1.165) is 62.9 Å². The molecule has 0 unspecified atom stereocenters. The van der Waals surface area contributed by atoms with Crippen molar-refractivity contribution >= 4 is 50.1 Å². The van der Waals surface area contributed by atoms with Gasteiger partial charge in [-0.15, -0.1) is 0 Å². The Bertz CT molecular complexity index is 1420. The zero-order chi connectivity index (χ0) is 29.4. The van der Waals surface area contributed by atoms with Gasteiger partial charge in [-0.1, -0.05) is 79.4 Å². The molecular formula is C32H38IN3O4S. The van der Waals surface area contributed by atoms with Crippen LogP contribution in [0.2, 0.25) is 0 Å². The van der Waals surface area contributed by atoms with Crippen LogP contribution in [0.3, 0.4) is 0 Å². The number of carbonyl (C=O) groups is 2. The normalized spacial score (nSPS) is 14.7. The van der Waals surface area contributed by atoms with Crippen LogP contribution in [0.15, 0.2) is 78.9 Å². The number of hydrogen-bond acceptors (Lipinski definition) is 4. The molecule has 2 amide bonds. The van der Waals surface area contributed by atoms with Crippen LogP contribution in [0.5, 0.6) is 0 Å². The van der Waals surface area contributed by atoms with E-state index in [2.05, 4.69) is 27.9 Å². The topological polar surface area (TPSA) is 86.8 Å². The van der Waals surface area contributed by atoms with Crippen molar-refractivity contribution in [3.63, 3.8) is 0 Å². The van der Waals surface area contributed by atoms with E-state index in [1.165, 1.54) is 0 Å². The van der Waals surface area contributed by atoms with Crippen LogP contribution in [0, 0.1) is 10.5 Å². The second-order valence-corrected chi connectivity index (χ2v) is 14.0. The van der Waals surface area contributed by atoms with Crippen LogP contribution in [0.25, 0.3) is 0 Å². The molecule has 1 atom stereocenters. The third-order valence-electron chi connectivity index (χ3n) is 7.45. The average molecular weight is 688 g/mol. The lowest BCUT2D eigenvalue weighted by molar-refractivity contribution is -0.140. The average Bonchev–Trinajstić information content (AvgIpc) is 2.94. The number of benzene rings is 3. The summed E-state index contributed by atoms with van der Waals surface area (Å²) in [6, 6.07) is 23.7. The lowest BCUT2D eigenvalue weighted by Gasteiger charge is -2.35. The van der Waals surface area contributed by atoms with Crippen LogP contribution in [-0.2, 0) is 32.6 Å². The van der Waals surface area contributed by atoms with Crippen molar-refractivity contribution in [3.8, 4) is 0 Å². The summed E-state index contributed by atoms with van der Waals surface area (Å²) in [5.74, 6) is -0.642. The second kappa shape index (κ2) is 14.3. The first-order valence-electron chi connectivity index (χ1n) is 14.0. The van der Waals surface area contributed by atoms with Crippen LogP contribution in [-0.4, -0.2) is 50.0 Å². The number of anilines is 1. The van der Waals surface area contributed by atoms with E-state index < -0.39 is 28.5 Å². The second-order valence-electron chi connectivity index (χ2n) is 10.8. The SMILES string of the molecule is Cc1cccc(CN(C(=O)CN(c2ccc(I)cc2)S(C)(=O)=O)[C@@H](Cc2ccccc2)C(=O)NC2CCCCC2)c1. The number of amides is 2. The van der Waals surface area contributed by atoms with E-state index in [-0.39, 0.29) is 18.5 Å². The van der Waals surface area contributed by atoms with Crippen molar-refractivity contribution in [2.24, 2.45) is 0 Å². The first kappa shape index (κ1) is 31.0. The zero-order valence-electron chi connectivity index (χ0n) is 23.6. The number of rotatable bonds is 11. The van der Waals surface area contributed by atoms with Gasteiger partial charge in [0.15, 0.2) is 0 Å². The Kier molecular flexibility index (Phi) is 10.8. The molecule has 0 spiro atoms. The van der Waals surface area contributed by atoms with E-state index >= 15 is 0 Å². The third kappa shape index (κ3) is 9.03. The molecule has 0 heterocycles. The predicted molar refractivity (Wildman–Crippen MR) is 172 cm³/mol. The van der Waals surface area contributed by atoms with Crippen LogP contribution in [0.1, 0.15) is 48.8 Å². The molecule has 1 N–H and O–H groups in total. The van der Waals surface area contributed by atoms with Gasteiger partial charge in [0, 0.05) is 22.6 Å². The molecule has 1 saturated carbocycles. The van der Waals surface area contributed by atoms with Crippen molar-refractivity contribution in [2.75, 3.05) is 17.1 Å². The summed E-state index contributed by atoms with van der Waals surface area (Å²) in [5, 5.41) is 3.23. The number of sulfonamides is 1. The van der Waals surface area contributed by atoms with Crippen molar-refractivity contribution in [1.82, 2.24) is 10.2 Å². The maximum absolute atomic E-state index is 14.2. The minimum atomic E-state index is -3.78. The molecule has 0 radical (unpaired) electrons. The Morgan fingerprint density at radius 3 is 2.22 bits per heavy atom. The van der Waals surface area contributed by atoms with Gasteiger partial charge in [-0.2, -0.15) is 0 Å². The van der Waals surface area contributed by atoms with Gasteiger partial charge in [0.2, 0.25) is 21.8 Å². The first-order chi connectivity index (χ1) is 19.6. The zero-order valence-corrected chi connectivity index (χ0v) is 26.6. The third-order valence-corrected chi connectivity index (χ3v) is 9.31. The fourth-order valence-electron chi connectivity index (χ4n) is 5.33. The number of nitrogens with one attached hydrogen (secondary N) is 1. The summed E-state index contributed by atoms with van der Waals surface area (Å²) in [5.41, 5.74) is 3.25. The summed E-state index contributed by atoms with van der Waals surface area (Å²) in [6.07, 6.45) is 6.56. The Morgan fingerprint density at radius 2 is 1.59 bits per heavy atom. The molecule has 4 rings (SSSR count). The Labute approximate surface area is 257 Å². The largest absolute Gasteiger partial charge is 0.352 e. The molecule has 9 heteroatoms. The summed E-state index contributed by atoms with van der Waals surface area (Å²) >= 11 is 2.15. The number of carbonyl (C=O) groups excluding carboxylic acids is 2. The van der Waals surface area contributed by atoms with Gasteiger partial charge < -0.3 is 10.2 Å². The standard InChI is InChI=1S/C32H38IN3O4S/c1-24-10-9-13-26(20-24)22-35(31(37)23-36(41(2,39)40)29-18-16-27(33)17-19-29)30(21-25-11-5-3-6-12-25)32(38)34-28-14-7-4-8-15-28/h3,5-6,9-13,16-20,28,30H,4,7-8,14-15,21-23H2,1-2H3,(H,34,38)/t30-/m0/s1. The molecule has 3 aromatic rings. The highest BCUT2D eigenvalue weighted by Gasteiger charge is 2.34. The van der Waals surface area contributed by atoms with Crippen molar-refractivity contribution in [2.45, 2.75) is 64.1 Å². The predicted octanol–water partition coefficient (Wildman–Crippen LogP) is 5.45. The number of hydrogen-bond donors (Lipinski definition) is 1. The highest BCUT2D eigenvalue weighted by atomic mass is 127. The van der Waals surface area contributed by atoms with E-state index in [1.807, 2.05) is 61.5 Å². The molecule has 0 aromatic heterocycles. The van der Waals surface area contributed by atoms with Gasteiger partial charge in [0.05, 0.1) is 11.9 Å². The summed E-state index contributed by atoms with van der Waals surface area (Å²) in [4.78, 5) is 29.7. The molecule has 0 saturated heterocycles. The lowest BCUT2D eigenvalue weighted by atomic mass is 9.94. The van der Waals surface area contributed by atoms with Crippen LogP contribution >= 0.6 is 22.6 Å². The van der Waals surface area contributed by atoms with E-state index in [9.17, 15) is 18.0 Å². The highest BCUT2D eigenvalue weighted by Crippen LogP contribution is 2.23. The number of halogens is 1. The fourth-order valence-corrected chi connectivity index (χ4v) is 6.54. The van der Waals surface area contributed by atoms with Crippen LogP contribution < -0.4 is 9.62 Å². The molecule has 0 bridgehead atoms. The quantitative estimate of drug-likeness (QED) is 0.272. The monoisotopic (exact) mass is 687 g/mol. The lowest BCUT2D eigenvalue weighted by Crippen LogP contribution is -2.55. The first-order valence-corrected chi connectivity index (χ1v) is 17.0. The fraction of sp³-hybridized carbons (Fsp3) is 0.375. The Morgan fingerprint density at radius 1 is 0.927 bits per heavy atom. The van der Waals surface area contributed by atoms with Crippen molar-refractivity contribution in [3.05, 3.63) is 99.1 Å². The molecule has 1 aliphatic carbocycles. The highest BCUT2D eigenvalue weighted by molar-refractivity contribution is 14.1. The molecule has 1 fully saturated rings. The van der Waals surface area contributed by atoms with Gasteiger partial charge in [-0.3, -0.25) is 13.9 Å². The molecule has 7 nitrogen and oxygen atoms in total. The molecule has 3 aromatic carbocycles. The summed E-state index contributed by atoms with van der Waals surface area (Å²) in [7, 11) is -3.78. The maximum atomic E-state index is 14.2. The van der Waals surface area contributed by atoms with Crippen LogP contribution in [0.4, 0.5) is 5.69 Å². The molecule has 0 aliphatic heterocycles. The maximum Gasteiger partial charge on any atom is 0.244 e. The Hall–Kier alpha value is -2.92. The molecular weight excluding hydrogens is 649 g/mol.